The summed E-state index contributed by atoms with van der Waals surface area (Å²) in [7, 11) is 3.02. The van der Waals surface area contributed by atoms with E-state index >= 15 is 0 Å². The van der Waals surface area contributed by atoms with Crippen LogP contribution in [-0.4, -0.2) is 67.0 Å². The molecule has 2 bridgehead atoms. The van der Waals surface area contributed by atoms with Crippen LogP contribution < -0.4 is 19.1 Å². The maximum atomic E-state index is 13.6. The summed E-state index contributed by atoms with van der Waals surface area (Å²) in [5, 5.41) is 21.9. The van der Waals surface area contributed by atoms with E-state index in [-0.39, 0.29) is 40.6 Å². The number of aromatic nitrogens is 2. The van der Waals surface area contributed by atoms with Crippen molar-refractivity contribution in [1.82, 2.24) is 9.88 Å². The van der Waals surface area contributed by atoms with Crippen molar-refractivity contribution in [3.63, 3.8) is 0 Å². The van der Waals surface area contributed by atoms with Gasteiger partial charge in [-0.25, -0.2) is 14.6 Å². The number of nitrogens with zero attached hydrogens (tertiary/aromatic N) is 4. The van der Waals surface area contributed by atoms with Crippen LogP contribution >= 0.6 is 23.2 Å². The predicted octanol–water partition coefficient (Wildman–Crippen LogP) is 6.12. The number of halogens is 2. The number of benzene rings is 2. The smallest absolute Gasteiger partial charge is 0.414 e. The van der Waals surface area contributed by atoms with Crippen LogP contribution in [0.2, 0.25) is 10.0 Å². The number of methoxy groups -OCH3 is 2. The Morgan fingerprint density at radius 3 is 2.32 bits per heavy atom. The monoisotopic (exact) mass is 722 g/mol. The maximum absolute atomic E-state index is 13.6. The molecule has 2 atom stereocenters. The van der Waals surface area contributed by atoms with E-state index < -0.39 is 18.2 Å². The summed E-state index contributed by atoms with van der Waals surface area (Å²) in [6.45, 7) is 2.87. The maximum Gasteiger partial charge on any atom is 0.414 e. The van der Waals surface area contributed by atoms with Crippen LogP contribution in [0.25, 0.3) is 0 Å². The highest BCUT2D eigenvalue weighted by molar-refractivity contribution is 6.35. The zero-order valence-electron chi connectivity index (χ0n) is 27.5. The third-order valence-corrected chi connectivity index (χ3v) is 9.77. The third-order valence-electron chi connectivity index (χ3n) is 9.12. The molecule has 50 heavy (non-hydrogen) atoms. The Morgan fingerprint density at radius 2 is 1.72 bits per heavy atom. The molecule has 12 nitrogen and oxygen atoms in total. The second kappa shape index (κ2) is 15.4. The quantitative estimate of drug-likeness (QED) is 0.109. The Hall–Kier alpha value is -4.78. The van der Waals surface area contributed by atoms with Gasteiger partial charge in [0.2, 0.25) is 5.88 Å². The van der Waals surface area contributed by atoms with Gasteiger partial charge in [-0.05, 0) is 73.3 Å². The zero-order valence-corrected chi connectivity index (χ0v) is 29.0. The molecule has 14 heteroatoms. The molecule has 0 saturated carbocycles. The minimum atomic E-state index is -0.877. The van der Waals surface area contributed by atoms with Crippen molar-refractivity contribution in [1.29, 1.82) is 0 Å². The van der Waals surface area contributed by atoms with Crippen molar-refractivity contribution in [2.45, 2.75) is 38.0 Å². The van der Waals surface area contributed by atoms with Gasteiger partial charge in [-0.15, -0.1) is 0 Å². The minimum absolute atomic E-state index is 0.0646. The lowest BCUT2D eigenvalue weighted by Gasteiger charge is -2.44. The van der Waals surface area contributed by atoms with Gasteiger partial charge < -0.3 is 29.3 Å². The Bertz CT molecular complexity index is 1810. The van der Waals surface area contributed by atoms with Gasteiger partial charge in [0.25, 0.3) is 0 Å². The molecule has 1 amide bonds. The molecule has 5 heterocycles. The fourth-order valence-electron chi connectivity index (χ4n) is 6.35. The first kappa shape index (κ1) is 35.1. The Balaban J connectivity index is 1.21. The van der Waals surface area contributed by atoms with Gasteiger partial charge in [-0.2, -0.15) is 4.73 Å². The summed E-state index contributed by atoms with van der Waals surface area (Å²) in [4.78, 5) is 34.9. The van der Waals surface area contributed by atoms with Crippen LogP contribution in [-0.2, 0) is 22.4 Å². The molecule has 3 fully saturated rings. The molecule has 3 saturated heterocycles. The number of carbonyl (C=O) groups is 2. The van der Waals surface area contributed by atoms with Crippen LogP contribution in [0.5, 0.6) is 17.4 Å². The number of fused-ring (bicyclic) bond motifs is 3. The molecule has 0 unspecified atom stereocenters. The number of amides is 1. The average Bonchev–Trinajstić information content (AvgIpc) is 3.12. The minimum Gasteiger partial charge on any atom is -0.619 e. The number of piperidine rings is 3. The van der Waals surface area contributed by atoms with Gasteiger partial charge in [0, 0.05) is 24.6 Å². The van der Waals surface area contributed by atoms with E-state index in [1.165, 1.54) is 43.8 Å². The first-order valence-corrected chi connectivity index (χ1v) is 16.8. The molecular weight excluding hydrogens is 687 g/mol. The number of ether oxygens (including phenoxy) is 4. The van der Waals surface area contributed by atoms with Crippen molar-refractivity contribution in [2.24, 2.45) is 5.92 Å². The van der Waals surface area contributed by atoms with Crippen molar-refractivity contribution in [3.8, 4) is 17.4 Å². The molecule has 4 aromatic rings. The number of hydrogen-bond acceptors (Lipinski definition) is 10. The highest BCUT2D eigenvalue weighted by Crippen LogP contribution is 2.36. The first-order chi connectivity index (χ1) is 24.1. The number of anilines is 1. The Morgan fingerprint density at radius 1 is 1.02 bits per heavy atom. The van der Waals surface area contributed by atoms with Gasteiger partial charge in [0.05, 0.1) is 38.2 Å². The standard InChI is InChI=1S/C36H36Cl2N4O8/c1-47-30-9-7-25(15-32(30)48-2)31(16-27-28(37)19-41(46)20-29(27)38)49-35(44)24-5-3-22(4-6-24)18-42(26-8-10-34(43)39-17-26)36(45)50-33-21-40-13-11-23(33)12-14-40/h3-10,15,17,19-20,23,31,33H,11-14,16,18,21H2,1-2H3,(H,39,43)/t31-,33-/m0/s1. The van der Waals surface area contributed by atoms with Crippen LogP contribution in [0.1, 0.15) is 46.0 Å². The van der Waals surface area contributed by atoms with E-state index in [1.807, 2.05) is 0 Å². The van der Waals surface area contributed by atoms with Crippen LogP contribution in [0.3, 0.4) is 0 Å². The second-order valence-corrected chi connectivity index (χ2v) is 13.0. The summed E-state index contributed by atoms with van der Waals surface area (Å²) in [5.74, 6) is 0.455. The van der Waals surface area contributed by atoms with Gasteiger partial charge in [-0.1, -0.05) is 41.4 Å². The molecule has 2 aromatic heterocycles. The second-order valence-electron chi connectivity index (χ2n) is 12.2. The Labute approximate surface area is 299 Å². The van der Waals surface area contributed by atoms with E-state index in [0.29, 0.717) is 51.1 Å². The highest BCUT2D eigenvalue weighted by atomic mass is 35.5. The molecule has 7 rings (SSSR count). The van der Waals surface area contributed by atoms with Crippen LogP contribution in [0.15, 0.2) is 73.2 Å². The SMILES string of the molecule is COc1ccc([C@H](Cc2c(Cl)c[n+]([O-])cc2Cl)OC(=O)c2ccc(CN(C(=O)O[C@H]3CN4CCC3CC4)c3ccc(O)nc3)cc2)cc1OC. The number of esters is 1. The summed E-state index contributed by atoms with van der Waals surface area (Å²) in [6, 6.07) is 14.8. The van der Waals surface area contributed by atoms with Gasteiger partial charge in [-0.3, -0.25) is 9.80 Å². The molecule has 0 radical (unpaired) electrons. The van der Waals surface area contributed by atoms with E-state index in [4.69, 9.17) is 42.1 Å². The van der Waals surface area contributed by atoms with Crippen molar-refractivity contribution in [3.05, 3.63) is 111 Å². The van der Waals surface area contributed by atoms with E-state index in [9.17, 15) is 19.9 Å². The van der Waals surface area contributed by atoms with Crippen molar-refractivity contribution >= 4 is 41.0 Å². The number of carbonyl (C=O) groups excluding carboxylic acids is 2. The number of pyridine rings is 2. The molecule has 3 aliphatic rings. The lowest BCUT2D eigenvalue weighted by atomic mass is 9.86. The highest BCUT2D eigenvalue weighted by Gasteiger charge is 2.37. The van der Waals surface area contributed by atoms with Gasteiger partial charge >= 0.3 is 12.1 Å². The lowest BCUT2D eigenvalue weighted by molar-refractivity contribution is -0.605. The lowest BCUT2D eigenvalue weighted by Crippen LogP contribution is -2.53. The fraction of sp³-hybridized carbons (Fsp3) is 0.333. The van der Waals surface area contributed by atoms with Crippen LogP contribution in [0, 0.1) is 11.1 Å². The van der Waals surface area contributed by atoms with E-state index in [0.717, 1.165) is 25.9 Å². The van der Waals surface area contributed by atoms with Crippen LogP contribution in [0.4, 0.5) is 10.5 Å². The molecule has 262 valence electrons. The third kappa shape index (κ3) is 7.99. The zero-order chi connectivity index (χ0) is 35.4. The number of rotatable bonds is 11. The van der Waals surface area contributed by atoms with Gasteiger partial charge in [0.1, 0.15) is 22.3 Å². The molecular formula is C36H36Cl2N4O8. The first-order valence-electron chi connectivity index (χ1n) is 16.1. The molecule has 0 spiro atoms. The summed E-state index contributed by atoms with van der Waals surface area (Å²) in [5.41, 5.74) is 2.44. The fourth-order valence-corrected chi connectivity index (χ4v) is 6.95. The molecule has 1 N–H and O–H groups in total. The van der Waals surface area contributed by atoms with Gasteiger partial charge in [0.15, 0.2) is 23.9 Å². The summed E-state index contributed by atoms with van der Waals surface area (Å²) in [6.07, 6.45) is 4.23. The van der Waals surface area contributed by atoms with Crippen molar-refractivity contribution < 1.29 is 38.4 Å². The predicted molar refractivity (Wildman–Crippen MR) is 185 cm³/mol. The topological polar surface area (TPSA) is 138 Å². The molecule has 3 aliphatic heterocycles. The summed E-state index contributed by atoms with van der Waals surface area (Å²) < 4.78 is 23.4. The molecule has 0 aliphatic carbocycles. The van der Waals surface area contributed by atoms with E-state index in [2.05, 4.69) is 9.88 Å². The largest absolute Gasteiger partial charge is 0.619 e. The normalized spacial score (nSPS) is 18.6. The average molecular weight is 724 g/mol. The van der Waals surface area contributed by atoms with E-state index in [1.54, 1.807) is 48.5 Å². The summed E-state index contributed by atoms with van der Waals surface area (Å²) >= 11 is 12.8. The molecule has 2 aromatic carbocycles. The van der Waals surface area contributed by atoms with Crippen molar-refractivity contribution in [2.75, 3.05) is 38.8 Å². The number of hydrogen-bond donors (Lipinski definition) is 1. The Kier molecular flexibility index (Phi) is 10.8. The number of aromatic hydroxyl groups is 1.